The van der Waals surface area contributed by atoms with Crippen LogP contribution in [0.1, 0.15) is 40.9 Å². The van der Waals surface area contributed by atoms with Gasteiger partial charge in [-0.3, -0.25) is 15.1 Å². The van der Waals surface area contributed by atoms with E-state index in [-0.39, 0.29) is 11.9 Å². The summed E-state index contributed by atoms with van der Waals surface area (Å²) in [7, 11) is 3.13. The van der Waals surface area contributed by atoms with Crippen LogP contribution < -0.4 is 15.4 Å². The molecule has 2 aromatic carbocycles. The summed E-state index contributed by atoms with van der Waals surface area (Å²) < 4.78 is 43.9. The lowest BCUT2D eigenvalue weighted by molar-refractivity contribution is -0.137. The topological polar surface area (TPSA) is 63.2 Å². The minimum atomic E-state index is -4.37. The Balaban J connectivity index is 1.86. The van der Waals surface area contributed by atoms with Crippen molar-refractivity contribution in [2.24, 2.45) is 0 Å². The molecule has 2 unspecified atom stereocenters. The van der Waals surface area contributed by atoms with Gasteiger partial charge in [0.05, 0.1) is 24.4 Å². The highest BCUT2D eigenvalue weighted by molar-refractivity contribution is 5.83. The Morgan fingerprint density at radius 3 is 2.36 bits per heavy atom. The Morgan fingerprint density at radius 1 is 1.06 bits per heavy atom. The molecule has 1 aromatic heterocycles. The molecular weight excluding hydrogens is 431 g/mol. The first kappa shape index (κ1) is 24.3. The van der Waals surface area contributed by atoms with Crippen LogP contribution in [0.2, 0.25) is 0 Å². The summed E-state index contributed by atoms with van der Waals surface area (Å²) >= 11 is 0. The Kier molecular flexibility index (Phi) is 8.06. The molecule has 1 amide bonds. The molecular formula is C25H26F3N3O2. The molecule has 0 saturated heterocycles. The number of halogens is 3. The molecule has 8 heteroatoms. The number of benzene rings is 2. The summed E-state index contributed by atoms with van der Waals surface area (Å²) in [5, 5.41) is 6.07. The molecule has 0 saturated carbocycles. The number of ether oxygens (including phenoxy) is 1. The van der Waals surface area contributed by atoms with Crippen LogP contribution in [0.4, 0.5) is 13.2 Å². The summed E-state index contributed by atoms with van der Waals surface area (Å²) in [6.45, 7) is 0. The summed E-state index contributed by atoms with van der Waals surface area (Å²) in [5.41, 5.74) is 1.54. The number of hydrogen-bond donors (Lipinski definition) is 2. The molecule has 0 spiro atoms. The van der Waals surface area contributed by atoms with Crippen molar-refractivity contribution in [3.63, 3.8) is 0 Å². The van der Waals surface area contributed by atoms with Crippen LogP contribution in [-0.2, 0) is 17.4 Å². The number of alkyl halides is 3. The van der Waals surface area contributed by atoms with E-state index < -0.39 is 17.8 Å². The Labute approximate surface area is 191 Å². The lowest BCUT2D eigenvalue weighted by atomic mass is 9.98. The van der Waals surface area contributed by atoms with E-state index >= 15 is 0 Å². The second-order valence-corrected chi connectivity index (χ2v) is 7.53. The van der Waals surface area contributed by atoms with E-state index in [1.54, 1.807) is 32.5 Å². The van der Waals surface area contributed by atoms with Gasteiger partial charge in [0.25, 0.3) is 0 Å². The van der Waals surface area contributed by atoms with Gasteiger partial charge >= 0.3 is 6.18 Å². The zero-order valence-electron chi connectivity index (χ0n) is 18.4. The fraction of sp³-hybridized carbons (Fsp3) is 0.280. The maximum atomic E-state index is 12.9. The molecule has 174 valence electrons. The first-order valence-electron chi connectivity index (χ1n) is 10.5. The minimum Gasteiger partial charge on any atom is -0.497 e. The zero-order chi connectivity index (χ0) is 23.8. The molecule has 3 aromatic rings. The van der Waals surface area contributed by atoms with Gasteiger partial charge < -0.3 is 10.1 Å². The second-order valence-electron chi connectivity index (χ2n) is 7.53. The molecule has 33 heavy (non-hydrogen) atoms. The van der Waals surface area contributed by atoms with Gasteiger partial charge in [0.2, 0.25) is 5.91 Å². The Bertz CT molecular complexity index is 1040. The van der Waals surface area contributed by atoms with Crippen LogP contribution in [0.25, 0.3) is 0 Å². The normalized spacial score (nSPS) is 13.2. The number of aryl methyl sites for hydroxylation is 1. The van der Waals surface area contributed by atoms with Crippen molar-refractivity contribution in [1.82, 2.24) is 15.6 Å². The van der Waals surface area contributed by atoms with Crippen molar-refractivity contribution in [2.75, 3.05) is 14.2 Å². The minimum absolute atomic E-state index is 0.205. The summed E-state index contributed by atoms with van der Waals surface area (Å²) in [6.07, 6.45) is -1.75. The Morgan fingerprint density at radius 2 is 1.76 bits per heavy atom. The standard InChI is InChI=1S/C25H26F3N3O2/c1-29-24(32)23(18-6-4-3-5-7-18)31-21(22-16-20(33-2)14-15-30-22)13-10-17-8-11-19(12-9-17)25(26,27)28/h3-9,11-12,14-16,21,23,31H,10,13H2,1-2H3,(H,29,32). The van der Waals surface area contributed by atoms with Crippen LogP contribution in [0.5, 0.6) is 5.75 Å². The van der Waals surface area contributed by atoms with E-state index in [1.165, 1.54) is 12.1 Å². The Hall–Kier alpha value is -3.39. The molecule has 0 fully saturated rings. The monoisotopic (exact) mass is 457 g/mol. The number of hydrogen-bond acceptors (Lipinski definition) is 4. The molecule has 0 bridgehead atoms. The van der Waals surface area contributed by atoms with Crippen molar-refractivity contribution in [3.05, 3.63) is 95.3 Å². The third-order valence-corrected chi connectivity index (χ3v) is 5.36. The number of methoxy groups -OCH3 is 1. The van der Waals surface area contributed by atoms with Crippen LogP contribution in [0.3, 0.4) is 0 Å². The van der Waals surface area contributed by atoms with E-state index in [2.05, 4.69) is 15.6 Å². The quantitative estimate of drug-likeness (QED) is 0.482. The first-order chi connectivity index (χ1) is 15.8. The number of carbonyl (C=O) groups excluding carboxylic acids is 1. The summed E-state index contributed by atoms with van der Waals surface area (Å²) in [6, 6.07) is 16.9. The third-order valence-electron chi connectivity index (χ3n) is 5.36. The molecule has 2 N–H and O–H groups in total. The summed E-state index contributed by atoms with van der Waals surface area (Å²) in [5.74, 6) is 0.418. The fourth-order valence-corrected chi connectivity index (χ4v) is 3.55. The third kappa shape index (κ3) is 6.55. The predicted octanol–water partition coefficient (Wildman–Crippen LogP) is 4.86. The van der Waals surface area contributed by atoms with Crippen LogP contribution >= 0.6 is 0 Å². The van der Waals surface area contributed by atoms with E-state index in [0.717, 1.165) is 23.3 Å². The van der Waals surface area contributed by atoms with Gasteiger partial charge in [-0.2, -0.15) is 13.2 Å². The van der Waals surface area contributed by atoms with E-state index in [4.69, 9.17) is 4.74 Å². The number of likely N-dealkylation sites (N-methyl/N-ethyl adjacent to an activating group) is 1. The maximum Gasteiger partial charge on any atom is 0.416 e. The van der Waals surface area contributed by atoms with Crippen molar-refractivity contribution in [3.8, 4) is 5.75 Å². The van der Waals surface area contributed by atoms with Gasteiger partial charge in [-0.05, 0) is 42.2 Å². The van der Waals surface area contributed by atoms with E-state index in [1.807, 2.05) is 30.3 Å². The smallest absolute Gasteiger partial charge is 0.416 e. The molecule has 5 nitrogen and oxygen atoms in total. The van der Waals surface area contributed by atoms with Gasteiger partial charge in [0.15, 0.2) is 0 Å². The number of nitrogens with one attached hydrogen (secondary N) is 2. The van der Waals surface area contributed by atoms with Gasteiger partial charge in [-0.15, -0.1) is 0 Å². The average molecular weight is 457 g/mol. The second kappa shape index (κ2) is 11.0. The fourth-order valence-electron chi connectivity index (χ4n) is 3.55. The summed E-state index contributed by atoms with van der Waals surface area (Å²) in [4.78, 5) is 17.1. The molecule has 0 aliphatic heterocycles. The maximum absolute atomic E-state index is 12.9. The van der Waals surface area contributed by atoms with Crippen molar-refractivity contribution >= 4 is 5.91 Å². The van der Waals surface area contributed by atoms with E-state index in [9.17, 15) is 18.0 Å². The van der Waals surface area contributed by atoms with Gasteiger partial charge in [-0.25, -0.2) is 0 Å². The zero-order valence-corrected chi connectivity index (χ0v) is 18.4. The lowest BCUT2D eigenvalue weighted by Gasteiger charge is -2.25. The molecule has 0 radical (unpaired) electrons. The number of nitrogens with zero attached hydrogens (tertiary/aromatic N) is 1. The van der Waals surface area contributed by atoms with Crippen LogP contribution in [-0.4, -0.2) is 25.0 Å². The SMILES string of the molecule is CNC(=O)C(NC(CCc1ccc(C(F)(F)F)cc1)c1cc(OC)ccn1)c1ccccc1. The number of rotatable bonds is 9. The molecule has 0 aliphatic carbocycles. The lowest BCUT2D eigenvalue weighted by Crippen LogP contribution is -2.38. The molecule has 3 rings (SSSR count). The van der Waals surface area contributed by atoms with E-state index in [0.29, 0.717) is 24.3 Å². The predicted molar refractivity (Wildman–Crippen MR) is 120 cm³/mol. The van der Waals surface area contributed by atoms with Crippen molar-refractivity contribution in [1.29, 1.82) is 0 Å². The number of aromatic nitrogens is 1. The highest BCUT2D eigenvalue weighted by Gasteiger charge is 2.30. The largest absolute Gasteiger partial charge is 0.497 e. The highest BCUT2D eigenvalue weighted by atomic mass is 19.4. The van der Waals surface area contributed by atoms with Gasteiger partial charge in [0.1, 0.15) is 11.8 Å². The van der Waals surface area contributed by atoms with Gasteiger partial charge in [-0.1, -0.05) is 42.5 Å². The van der Waals surface area contributed by atoms with Crippen LogP contribution in [0, 0.1) is 0 Å². The number of amides is 1. The van der Waals surface area contributed by atoms with Gasteiger partial charge in [0, 0.05) is 19.3 Å². The molecule has 0 aliphatic rings. The van der Waals surface area contributed by atoms with Crippen LogP contribution in [0.15, 0.2) is 72.9 Å². The molecule has 2 atom stereocenters. The first-order valence-corrected chi connectivity index (χ1v) is 10.5. The van der Waals surface area contributed by atoms with Crippen molar-refractivity contribution < 1.29 is 22.7 Å². The average Bonchev–Trinajstić information content (AvgIpc) is 2.84. The number of pyridine rings is 1. The number of carbonyl (C=O) groups is 1. The molecule has 1 heterocycles. The van der Waals surface area contributed by atoms with Crippen molar-refractivity contribution in [2.45, 2.75) is 31.1 Å². The highest BCUT2D eigenvalue weighted by Crippen LogP contribution is 2.30.